The van der Waals surface area contributed by atoms with Crippen molar-refractivity contribution in [2.45, 2.75) is 39.5 Å². The minimum absolute atomic E-state index is 0.410. The smallest absolute Gasteiger partial charge is 0.141 e. The highest BCUT2D eigenvalue weighted by Gasteiger charge is 2.11. The van der Waals surface area contributed by atoms with Gasteiger partial charge in [0.05, 0.1) is 5.52 Å². The van der Waals surface area contributed by atoms with E-state index in [2.05, 4.69) is 50.9 Å². The second-order valence-corrected chi connectivity index (χ2v) is 5.30. The minimum atomic E-state index is 0.410. The molecule has 1 aromatic carbocycles. The summed E-state index contributed by atoms with van der Waals surface area (Å²) >= 11 is 0. The van der Waals surface area contributed by atoms with Crippen LogP contribution < -0.4 is 0 Å². The van der Waals surface area contributed by atoms with Crippen LogP contribution in [0.25, 0.3) is 10.9 Å². The SMILES string of the molecule is CC(C)c1cc(C(C)C)c2nc(C#N)ccc2c1. The van der Waals surface area contributed by atoms with E-state index in [4.69, 9.17) is 5.26 Å². The van der Waals surface area contributed by atoms with E-state index >= 15 is 0 Å². The zero-order chi connectivity index (χ0) is 13.3. The Balaban J connectivity index is 2.78. The topological polar surface area (TPSA) is 36.7 Å². The van der Waals surface area contributed by atoms with E-state index in [-0.39, 0.29) is 0 Å². The van der Waals surface area contributed by atoms with Gasteiger partial charge in [0.2, 0.25) is 0 Å². The van der Waals surface area contributed by atoms with Gasteiger partial charge in [0.1, 0.15) is 11.8 Å². The summed E-state index contributed by atoms with van der Waals surface area (Å²) in [5.41, 5.74) is 4.01. The average Bonchev–Trinajstić information content (AvgIpc) is 2.36. The summed E-state index contributed by atoms with van der Waals surface area (Å²) in [5, 5.41) is 10.1. The van der Waals surface area contributed by atoms with Gasteiger partial charge in [-0.25, -0.2) is 4.98 Å². The summed E-state index contributed by atoms with van der Waals surface area (Å²) in [4.78, 5) is 4.45. The monoisotopic (exact) mass is 238 g/mol. The van der Waals surface area contributed by atoms with Crippen LogP contribution in [0.2, 0.25) is 0 Å². The summed E-state index contributed by atoms with van der Waals surface area (Å²) in [6, 6.07) is 10.3. The molecular formula is C16H18N2. The van der Waals surface area contributed by atoms with Crippen LogP contribution in [-0.2, 0) is 0 Å². The molecule has 0 bridgehead atoms. The lowest BCUT2D eigenvalue weighted by Gasteiger charge is -2.14. The van der Waals surface area contributed by atoms with Crippen molar-refractivity contribution < 1.29 is 0 Å². The van der Waals surface area contributed by atoms with E-state index in [1.54, 1.807) is 6.07 Å². The van der Waals surface area contributed by atoms with E-state index < -0.39 is 0 Å². The quantitative estimate of drug-likeness (QED) is 0.779. The van der Waals surface area contributed by atoms with Crippen LogP contribution in [0.5, 0.6) is 0 Å². The number of nitriles is 1. The van der Waals surface area contributed by atoms with Crippen molar-refractivity contribution in [2.24, 2.45) is 0 Å². The van der Waals surface area contributed by atoms with Gasteiger partial charge in [-0.1, -0.05) is 33.8 Å². The molecular weight excluding hydrogens is 220 g/mol. The standard InChI is InChI=1S/C16H18N2/c1-10(2)13-7-12-5-6-14(9-17)18-16(12)15(8-13)11(3)4/h5-8,10-11H,1-4H3. The van der Waals surface area contributed by atoms with Crippen LogP contribution in [0.15, 0.2) is 24.3 Å². The largest absolute Gasteiger partial charge is 0.237 e. The maximum atomic E-state index is 8.96. The van der Waals surface area contributed by atoms with Gasteiger partial charge in [0.25, 0.3) is 0 Å². The molecule has 18 heavy (non-hydrogen) atoms. The molecule has 1 heterocycles. The number of hydrogen-bond acceptors (Lipinski definition) is 2. The third-order valence-corrected chi connectivity index (χ3v) is 3.25. The lowest BCUT2D eigenvalue weighted by molar-refractivity contribution is 0.839. The van der Waals surface area contributed by atoms with Crippen molar-refractivity contribution in [3.8, 4) is 6.07 Å². The third-order valence-electron chi connectivity index (χ3n) is 3.25. The molecule has 2 nitrogen and oxygen atoms in total. The van der Waals surface area contributed by atoms with Crippen molar-refractivity contribution in [2.75, 3.05) is 0 Å². The first kappa shape index (κ1) is 12.6. The highest BCUT2D eigenvalue weighted by molar-refractivity contribution is 5.83. The summed E-state index contributed by atoms with van der Waals surface area (Å²) in [7, 11) is 0. The van der Waals surface area contributed by atoms with Crippen molar-refractivity contribution in [1.29, 1.82) is 5.26 Å². The molecule has 0 atom stereocenters. The molecule has 0 saturated carbocycles. The van der Waals surface area contributed by atoms with Crippen molar-refractivity contribution >= 4 is 10.9 Å². The Morgan fingerprint density at radius 1 is 1.06 bits per heavy atom. The van der Waals surface area contributed by atoms with Crippen molar-refractivity contribution in [1.82, 2.24) is 4.98 Å². The van der Waals surface area contributed by atoms with E-state index in [0.29, 0.717) is 17.5 Å². The van der Waals surface area contributed by atoms with Gasteiger partial charge in [-0.2, -0.15) is 5.26 Å². The van der Waals surface area contributed by atoms with Gasteiger partial charge in [-0.05, 0) is 41.2 Å². The number of fused-ring (bicyclic) bond motifs is 1. The Morgan fingerprint density at radius 3 is 2.33 bits per heavy atom. The van der Waals surface area contributed by atoms with Gasteiger partial charge < -0.3 is 0 Å². The van der Waals surface area contributed by atoms with Gasteiger partial charge >= 0.3 is 0 Å². The lowest BCUT2D eigenvalue weighted by Crippen LogP contribution is -1.98. The Bertz CT molecular complexity index is 619. The van der Waals surface area contributed by atoms with E-state index in [1.165, 1.54) is 11.1 Å². The van der Waals surface area contributed by atoms with Crippen molar-refractivity contribution in [3.05, 3.63) is 41.1 Å². The fraction of sp³-hybridized carbons (Fsp3) is 0.375. The van der Waals surface area contributed by atoms with Crippen LogP contribution in [0, 0.1) is 11.3 Å². The number of aromatic nitrogens is 1. The van der Waals surface area contributed by atoms with E-state index in [0.717, 1.165) is 10.9 Å². The molecule has 0 amide bonds. The molecule has 0 spiro atoms. The Morgan fingerprint density at radius 2 is 1.78 bits per heavy atom. The molecule has 0 saturated heterocycles. The fourth-order valence-corrected chi connectivity index (χ4v) is 2.12. The third kappa shape index (κ3) is 2.22. The first-order valence-corrected chi connectivity index (χ1v) is 6.37. The Hall–Kier alpha value is -1.88. The van der Waals surface area contributed by atoms with Crippen LogP contribution in [0.3, 0.4) is 0 Å². The predicted molar refractivity (Wildman–Crippen MR) is 74.6 cm³/mol. The average molecular weight is 238 g/mol. The van der Waals surface area contributed by atoms with Crippen molar-refractivity contribution in [3.63, 3.8) is 0 Å². The van der Waals surface area contributed by atoms with Gasteiger partial charge in [-0.15, -0.1) is 0 Å². The number of pyridine rings is 1. The molecule has 0 aliphatic carbocycles. The molecule has 0 radical (unpaired) electrons. The normalized spacial score (nSPS) is 11.2. The van der Waals surface area contributed by atoms with Gasteiger partial charge in [0.15, 0.2) is 0 Å². The molecule has 0 aliphatic rings. The predicted octanol–water partition coefficient (Wildman–Crippen LogP) is 4.35. The maximum absolute atomic E-state index is 8.96. The van der Waals surface area contributed by atoms with Crippen LogP contribution in [0.1, 0.15) is 56.4 Å². The fourth-order valence-electron chi connectivity index (χ4n) is 2.12. The highest BCUT2D eigenvalue weighted by Crippen LogP contribution is 2.29. The van der Waals surface area contributed by atoms with E-state index in [9.17, 15) is 0 Å². The summed E-state index contributed by atoms with van der Waals surface area (Å²) < 4.78 is 0. The lowest BCUT2D eigenvalue weighted by atomic mass is 9.92. The molecule has 1 aromatic heterocycles. The molecule has 0 unspecified atom stereocenters. The molecule has 2 heteroatoms. The van der Waals surface area contributed by atoms with E-state index in [1.807, 2.05) is 6.07 Å². The second-order valence-electron chi connectivity index (χ2n) is 5.30. The van der Waals surface area contributed by atoms with Crippen LogP contribution in [-0.4, -0.2) is 4.98 Å². The number of nitrogens with zero attached hydrogens (tertiary/aromatic N) is 2. The molecule has 2 aromatic rings. The van der Waals surface area contributed by atoms with Gasteiger partial charge in [-0.3, -0.25) is 0 Å². The molecule has 0 aliphatic heterocycles. The molecule has 0 fully saturated rings. The number of rotatable bonds is 2. The highest BCUT2D eigenvalue weighted by atomic mass is 14.7. The second kappa shape index (κ2) is 4.78. The summed E-state index contributed by atoms with van der Waals surface area (Å²) in [6.07, 6.45) is 0. The Labute approximate surface area is 108 Å². The maximum Gasteiger partial charge on any atom is 0.141 e. The zero-order valence-electron chi connectivity index (χ0n) is 11.4. The zero-order valence-corrected chi connectivity index (χ0v) is 11.4. The molecule has 2 rings (SSSR count). The molecule has 92 valence electrons. The number of hydrogen-bond donors (Lipinski definition) is 0. The minimum Gasteiger partial charge on any atom is -0.237 e. The molecule has 0 N–H and O–H groups in total. The summed E-state index contributed by atoms with van der Waals surface area (Å²) in [6.45, 7) is 8.73. The van der Waals surface area contributed by atoms with Crippen LogP contribution >= 0.6 is 0 Å². The van der Waals surface area contributed by atoms with Crippen LogP contribution in [0.4, 0.5) is 0 Å². The van der Waals surface area contributed by atoms with Gasteiger partial charge in [0, 0.05) is 5.39 Å². The Kier molecular flexibility index (Phi) is 3.34. The first-order valence-electron chi connectivity index (χ1n) is 6.37. The summed E-state index contributed by atoms with van der Waals surface area (Å²) in [5.74, 6) is 0.912. The first-order chi connectivity index (χ1) is 8.52. The number of benzene rings is 1.